The molecule has 76 valence electrons. The van der Waals surface area contributed by atoms with Crippen LogP contribution in [0.4, 0.5) is 4.39 Å². The molecule has 0 aliphatic rings. The molecular weight excluding hydrogens is 235 g/mol. The third-order valence-electron chi connectivity index (χ3n) is 1.64. The van der Waals surface area contributed by atoms with Gasteiger partial charge >= 0.3 is 0 Å². The van der Waals surface area contributed by atoms with Gasteiger partial charge in [-0.15, -0.1) is 0 Å². The van der Waals surface area contributed by atoms with Gasteiger partial charge in [0.2, 0.25) is 0 Å². The van der Waals surface area contributed by atoms with Gasteiger partial charge in [-0.25, -0.2) is 14.4 Å². The van der Waals surface area contributed by atoms with E-state index in [1.54, 1.807) is 30.6 Å². The Hall–Kier alpha value is -1.13. The van der Waals surface area contributed by atoms with E-state index in [-0.39, 0.29) is 5.82 Å². The Morgan fingerprint density at radius 1 is 1.20 bits per heavy atom. The van der Waals surface area contributed by atoms with E-state index in [4.69, 9.17) is 11.6 Å². The van der Waals surface area contributed by atoms with Crippen LogP contribution in [0.3, 0.4) is 0 Å². The zero-order valence-electron chi connectivity index (χ0n) is 7.52. The largest absolute Gasteiger partial charge is 0.231 e. The fraction of sp³-hybridized carbons (Fsp3) is 0. The fourth-order valence-corrected chi connectivity index (χ4v) is 1.87. The van der Waals surface area contributed by atoms with Crippen LogP contribution in [0.5, 0.6) is 0 Å². The number of benzene rings is 1. The highest BCUT2D eigenvalue weighted by Crippen LogP contribution is 2.28. The first-order valence-corrected chi connectivity index (χ1v) is 5.35. The van der Waals surface area contributed by atoms with Crippen LogP contribution in [0.25, 0.3) is 0 Å². The van der Waals surface area contributed by atoms with Crippen molar-refractivity contribution in [1.82, 2.24) is 9.97 Å². The molecule has 0 radical (unpaired) electrons. The van der Waals surface area contributed by atoms with Crippen molar-refractivity contribution < 1.29 is 4.39 Å². The number of aromatic nitrogens is 2. The summed E-state index contributed by atoms with van der Waals surface area (Å²) >= 11 is 6.81. The van der Waals surface area contributed by atoms with Crippen LogP contribution in [0, 0.1) is 5.82 Å². The van der Waals surface area contributed by atoms with Crippen molar-refractivity contribution in [3.05, 3.63) is 47.5 Å². The Morgan fingerprint density at radius 2 is 1.93 bits per heavy atom. The number of nitrogens with zero attached hydrogens (tertiary/aromatic N) is 2. The Morgan fingerprint density at radius 3 is 2.60 bits per heavy atom. The van der Waals surface area contributed by atoms with E-state index in [1.807, 2.05) is 0 Å². The van der Waals surface area contributed by atoms with Crippen molar-refractivity contribution in [3.8, 4) is 0 Å². The Bertz CT molecular complexity index is 464. The quantitative estimate of drug-likeness (QED) is 0.753. The van der Waals surface area contributed by atoms with E-state index in [0.29, 0.717) is 15.1 Å². The highest BCUT2D eigenvalue weighted by atomic mass is 35.5. The van der Waals surface area contributed by atoms with Gasteiger partial charge in [-0.1, -0.05) is 11.6 Å². The number of hydrogen-bond donors (Lipinski definition) is 0. The Kier molecular flexibility index (Phi) is 3.18. The summed E-state index contributed by atoms with van der Waals surface area (Å²) in [7, 11) is 0. The Labute approximate surface area is 95.5 Å². The molecule has 2 nitrogen and oxygen atoms in total. The lowest BCUT2D eigenvalue weighted by molar-refractivity contribution is 0.602. The van der Waals surface area contributed by atoms with E-state index in [9.17, 15) is 4.39 Å². The molecule has 0 fully saturated rings. The predicted molar refractivity (Wildman–Crippen MR) is 57.6 cm³/mol. The van der Waals surface area contributed by atoms with E-state index >= 15 is 0 Å². The molecule has 0 bridgehead atoms. The van der Waals surface area contributed by atoms with Crippen molar-refractivity contribution in [1.29, 1.82) is 0 Å². The van der Waals surface area contributed by atoms with Crippen LogP contribution in [-0.2, 0) is 0 Å². The molecule has 0 saturated carbocycles. The SMILES string of the molecule is Fc1cc(Cl)ccc1Sc1ncccn1. The maximum atomic E-state index is 13.4. The predicted octanol–water partition coefficient (Wildman–Crippen LogP) is 3.42. The van der Waals surface area contributed by atoms with Crippen molar-refractivity contribution in [2.75, 3.05) is 0 Å². The lowest BCUT2D eigenvalue weighted by Gasteiger charge is -2.01. The molecule has 0 aliphatic heterocycles. The minimum atomic E-state index is -0.361. The molecule has 0 N–H and O–H groups in total. The summed E-state index contributed by atoms with van der Waals surface area (Å²) < 4.78 is 13.4. The first kappa shape index (κ1) is 10.4. The number of halogens is 2. The van der Waals surface area contributed by atoms with Crippen LogP contribution in [0.2, 0.25) is 5.02 Å². The minimum Gasteiger partial charge on any atom is -0.231 e. The van der Waals surface area contributed by atoms with Crippen LogP contribution in [0.1, 0.15) is 0 Å². The van der Waals surface area contributed by atoms with Crippen LogP contribution in [0.15, 0.2) is 46.7 Å². The second kappa shape index (κ2) is 4.59. The lowest BCUT2D eigenvalue weighted by Crippen LogP contribution is -1.85. The number of hydrogen-bond acceptors (Lipinski definition) is 3. The molecule has 0 aliphatic carbocycles. The molecule has 1 aromatic heterocycles. The molecule has 0 unspecified atom stereocenters. The highest BCUT2D eigenvalue weighted by Gasteiger charge is 2.05. The van der Waals surface area contributed by atoms with Gasteiger partial charge < -0.3 is 0 Å². The molecular formula is C10H6ClFN2S. The first-order chi connectivity index (χ1) is 7.25. The molecule has 2 rings (SSSR count). The molecule has 2 aromatic rings. The monoisotopic (exact) mass is 240 g/mol. The summed E-state index contributed by atoms with van der Waals surface area (Å²) in [6.07, 6.45) is 3.23. The Balaban J connectivity index is 2.25. The highest BCUT2D eigenvalue weighted by molar-refractivity contribution is 7.99. The van der Waals surface area contributed by atoms with Gasteiger partial charge in [0, 0.05) is 17.4 Å². The molecule has 0 spiro atoms. The molecule has 0 saturated heterocycles. The lowest BCUT2D eigenvalue weighted by atomic mass is 10.3. The average Bonchev–Trinajstić information content (AvgIpc) is 2.24. The van der Waals surface area contributed by atoms with E-state index < -0.39 is 0 Å². The topological polar surface area (TPSA) is 25.8 Å². The fourth-order valence-electron chi connectivity index (χ4n) is 0.994. The van der Waals surface area contributed by atoms with Crippen molar-refractivity contribution in [2.45, 2.75) is 10.1 Å². The minimum absolute atomic E-state index is 0.361. The molecule has 1 aromatic carbocycles. The van der Waals surface area contributed by atoms with Gasteiger partial charge in [0.05, 0.1) is 4.90 Å². The zero-order valence-corrected chi connectivity index (χ0v) is 9.10. The molecule has 15 heavy (non-hydrogen) atoms. The van der Waals surface area contributed by atoms with Crippen molar-refractivity contribution in [2.24, 2.45) is 0 Å². The van der Waals surface area contributed by atoms with Gasteiger partial charge in [-0.3, -0.25) is 0 Å². The summed E-state index contributed by atoms with van der Waals surface area (Å²) in [6.45, 7) is 0. The third-order valence-corrected chi connectivity index (χ3v) is 2.82. The third kappa shape index (κ3) is 2.67. The van der Waals surface area contributed by atoms with Crippen molar-refractivity contribution in [3.63, 3.8) is 0 Å². The van der Waals surface area contributed by atoms with E-state index in [2.05, 4.69) is 9.97 Å². The molecule has 1 heterocycles. The smallest absolute Gasteiger partial charge is 0.192 e. The zero-order chi connectivity index (χ0) is 10.7. The van der Waals surface area contributed by atoms with Gasteiger partial charge in [0.25, 0.3) is 0 Å². The summed E-state index contributed by atoms with van der Waals surface area (Å²) in [4.78, 5) is 8.44. The normalized spacial score (nSPS) is 10.3. The first-order valence-electron chi connectivity index (χ1n) is 4.15. The van der Waals surface area contributed by atoms with Gasteiger partial charge in [0.1, 0.15) is 5.82 Å². The maximum absolute atomic E-state index is 13.4. The summed E-state index contributed by atoms with van der Waals surface area (Å²) in [6, 6.07) is 6.23. The summed E-state index contributed by atoms with van der Waals surface area (Å²) in [5, 5.41) is 0.893. The molecule has 0 atom stereocenters. The maximum Gasteiger partial charge on any atom is 0.192 e. The van der Waals surface area contributed by atoms with Gasteiger partial charge in [0.15, 0.2) is 5.16 Å². The summed E-state index contributed by atoms with van der Waals surface area (Å²) in [5.74, 6) is -0.361. The average molecular weight is 241 g/mol. The molecule has 0 amide bonds. The van der Waals surface area contributed by atoms with Crippen LogP contribution < -0.4 is 0 Å². The second-order valence-electron chi connectivity index (χ2n) is 2.71. The van der Waals surface area contributed by atoms with Crippen molar-refractivity contribution >= 4 is 23.4 Å². The molecule has 5 heteroatoms. The van der Waals surface area contributed by atoms with Gasteiger partial charge in [-0.2, -0.15) is 0 Å². The second-order valence-corrected chi connectivity index (χ2v) is 4.15. The summed E-state index contributed by atoms with van der Waals surface area (Å²) in [5.41, 5.74) is 0. The standard InChI is InChI=1S/C10H6ClFN2S/c11-7-2-3-9(8(12)6-7)15-10-13-4-1-5-14-10/h1-6H. The number of rotatable bonds is 2. The van der Waals surface area contributed by atoms with E-state index in [0.717, 1.165) is 0 Å². The van der Waals surface area contributed by atoms with Gasteiger partial charge in [-0.05, 0) is 36.0 Å². The van der Waals surface area contributed by atoms with E-state index in [1.165, 1.54) is 17.8 Å². The van der Waals surface area contributed by atoms with Crippen LogP contribution >= 0.6 is 23.4 Å². The van der Waals surface area contributed by atoms with Crippen LogP contribution in [-0.4, -0.2) is 9.97 Å².